The van der Waals surface area contributed by atoms with Crippen LogP contribution in [-0.4, -0.2) is 21.0 Å². The second-order valence-corrected chi connectivity index (χ2v) is 6.29. The fourth-order valence-corrected chi connectivity index (χ4v) is 2.89. The van der Waals surface area contributed by atoms with Crippen LogP contribution >= 0.6 is 0 Å². The molecule has 24 heavy (non-hydrogen) atoms. The van der Waals surface area contributed by atoms with Gasteiger partial charge in [-0.25, -0.2) is 4.98 Å². The minimum Gasteiger partial charge on any atom is -0.345 e. The second-order valence-electron chi connectivity index (χ2n) is 6.29. The normalized spacial score (nSPS) is 15.4. The molecule has 3 heterocycles. The van der Waals surface area contributed by atoms with Gasteiger partial charge in [0.05, 0.1) is 22.7 Å². The molecule has 0 saturated heterocycles. The van der Waals surface area contributed by atoms with Crippen LogP contribution in [0.4, 0.5) is 0 Å². The number of nitrogens with one attached hydrogen (secondary N) is 1. The summed E-state index contributed by atoms with van der Waals surface area (Å²) in [6.07, 6.45) is 5.66. The number of amides is 1. The summed E-state index contributed by atoms with van der Waals surface area (Å²) in [5.74, 6) is 0.295. The minimum atomic E-state index is -0.139. The fourth-order valence-electron chi connectivity index (χ4n) is 2.89. The Hall–Kier alpha value is -2.76. The van der Waals surface area contributed by atoms with E-state index in [9.17, 15) is 4.79 Å². The van der Waals surface area contributed by atoms with E-state index in [0.29, 0.717) is 28.3 Å². The van der Waals surface area contributed by atoms with Crippen molar-refractivity contribution in [2.24, 2.45) is 0 Å². The Bertz CT molecular complexity index is 900. The molecule has 0 spiro atoms. The molecule has 1 amide bonds. The van der Waals surface area contributed by atoms with Crippen LogP contribution in [0.3, 0.4) is 0 Å². The molecule has 0 radical (unpaired) electrons. The molecule has 0 aliphatic heterocycles. The van der Waals surface area contributed by atoms with Crippen molar-refractivity contribution < 1.29 is 9.32 Å². The molecule has 6 heteroatoms. The predicted octanol–water partition coefficient (Wildman–Crippen LogP) is 3.29. The number of rotatable bonds is 4. The Balaban J connectivity index is 1.69. The summed E-state index contributed by atoms with van der Waals surface area (Å²) >= 11 is 0. The highest BCUT2D eigenvalue weighted by Gasteiger charge is 2.28. The number of aromatic nitrogens is 3. The highest BCUT2D eigenvalue weighted by atomic mass is 16.5. The predicted molar refractivity (Wildman–Crippen MR) is 88.6 cm³/mol. The Morgan fingerprint density at radius 3 is 2.79 bits per heavy atom. The van der Waals surface area contributed by atoms with Gasteiger partial charge in [-0.1, -0.05) is 5.16 Å². The first kappa shape index (κ1) is 14.8. The summed E-state index contributed by atoms with van der Waals surface area (Å²) in [7, 11) is 0. The van der Waals surface area contributed by atoms with Crippen molar-refractivity contribution in [3.63, 3.8) is 0 Å². The molecule has 1 atom stereocenters. The molecule has 1 aliphatic rings. The molecule has 1 N–H and O–H groups in total. The molecule has 1 unspecified atom stereocenters. The van der Waals surface area contributed by atoms with Crippen molar-refractivity contribution in [1.29, 1.82) is 0 Å². The molecule has 1 fully saturated rings. The number of hydrogen-bond donors (Lipinski definition) is 1. The van der Waals surface area contributed by atoms with Gasteiger partial charge in [-0.3, -0.25) is 9.78 Å². The molecule has 3 aromatic rings. The lowest BCUT2D eigenvalue weighted by Crippen LogP contribution is -2.27. The van der Waals surface area contributed by atoms with Crippen LogP contribution in [0, 0.1) is 6.92 Å². The SMILES string of the molecule is Cc1noc2nc(C3CC3)cc(C(=O)NC(C)c3ccncc3)c12. The molecular formula is C18H18N4O2. The van der Waals surface area contributed by atoms with Crippen molar-refractivity contribution in [3.05, 3.63) is 53.1 Å². The van der Waals surface area contributed by atoms with Gasteiger partial charge in [0, 0.05) is 24.0 Å². The van der Waals surface area contributed by atoms with Crippen LogP contribution in [0.25, 0.3) is 11.1 Å². The van der Waals surface area contributed by atoms with Gasteiger partial charge in [0.25, 0.3) is 11.6 Å². The van der Waals surface area contributed by atoms with Gasteiger partial charge in [-0.2, -0.15) is 0 Å². The number of nitrogens with zero attached hydrogens (tertiary/aromatic N) is 3. The molecule has 0 bridgehead atoms. The van der Waals surface area contributed by atoms with Crippen LogP contribution in [0.15, 0.2) is 35.1 Å². The van der Waals surface area contributed by atoms with Gasteiger partial charge < -0.3 is 9.84 Å². The zero-order valence-electron chi connectivity index (χ0n) is 13.6. The van der Waals surface area contributed by atoms with Crippen molar-refractivity contribution in [3.8, 4) is 0 Å². The van der Waals surface area contributed by atoms with Crippen LogP contribution in [0.2, 0.25) is 0 Å². The smallest absolute Gasteiger partial charge is 0.259 e. The summed E-state index contributed by atoms with van der Waals surface area (Å²) in [4.78, 5) is 21.4. The average Bonchev–Trinajstić information content (AvgIpc) is 3.39. The highest BCUT2D eigenvalue weighted by molar-refractivity contribution is 6.06. The van der Waals surface area contributed by atoms with Crippen molar-refractivity contribution >= 4 is 17.0 Å². The molecular weight excluding hydrogens is 304 g/mol. The average molecular weight is 322 g/mol. The van der Waals surface area contributed by atoms with E-state index in [1.807, 2.05) is 32.0 Å². The summed E-state index contributed by atoms with van der Waals surface area (Å²) in [5.41, 5.74) is 3.63. The van der Waals surface area contributed by atoms with E-state index in [4.69, 9.17) is 4.52 Å². The third kappa shape index (κ3) is 2.64. The third-order valence-electron chi connectivity index (χ3n) is 4.43. The first-order valence-electron chi connectivity index (χ1n) is 8.11. The van der Waals surface area contributed by atoms with Crippen LogP contribution < -0.4 is 5.32 Å². The number of carbonyl (C=O) groups is 1. The Kier molecular flexibility index (Phi) is 3.52. The topological polar surface area (TPSA) is 80.9 Å². The summed E-state index contributed by atoms with van der Waals surface area (Å²) in [6, 6.07) is 5.56. The maximum absolute atomic E-state index is 12.9. The van der Waals surface area contributed by atoms with E-state index >= 15 is 0 Å². The van der Waals surface area contributed by atoms with Gasteiger partial charge in [0.1, 0.15) is 0 Å². The molecule has 0 aromatic carbocycles. The van der Waals surface area contributed by atoms with Gasteiger partial charge in [0.15, 0.2) is 0 Å². The summed E-state index contributed by atoms with van der Waals surface area (Å²) in [6.45, 7) is 3.78. The Labute approximate surface area is 139 Å². The number of hydrogen-bond acceptors (Lipinski definition) is 5. The standard InChI is InChI=1S/C18H18N4O2/c1-10(12-5-7-19-8-6-12)20-17(23)14-9-15(13-3-4-13)21-18-16(14)11(2)22-24-18/h5-10,13H,3-4H2,1-2H3,(H,20,23). The third-order valence-corrected chi connectivity index (χ3v) is 4.43. The molecule has 1 saturated carbocycles. The molecule has 4 rings (SSSR count). The largest absolute Gasteiger partial charge is 0.345 e. The lowest BCUT2D eigenvalue weighted by atomic mass is 10.1. The van der Waals surface area contributed by atoms with Crippen molar-refractivity contribution in [2.45, 2.75) is 38.6 Å². The minimum absolute atomic E-state index is 0.117. The quantitative estimate of drug-likeness (QED) is 0.797. The van der Waals surface area contributed by atoms with E-state index in [1.54, 1.807) is 12.4 Å². The first-order valence-corrected chi connectivity index (χ1v) is 8.11. The summed E-state index contributed by atoms with van der Waals surface area (Å²) < 4.78 is 5.30. The van der Waals surface area contributed by atoms with E-state index in [2.05, 4.69) is 20.4 Å². The maximum atomic E-state index is 12.9. The monoisotopic (exact) mass is 322 g/mol. The van der Waals surface area contributed by atoms with E-state index < -0.39 is 0 Å². The zero-order valence-corrected chi connectivity index (χ0v) is 13.6. The summed E-state index contributed by atoms with van der Waals surface area (Å²) in [5, 5.41) is 7.71. The van der Waals surface area contributed by atoms with Crippen LogP contribution in [0.5, 0.6) is 0 Å². The van der Waals surface area contributed by atoms with Crippen molar-refractivity contribution in [1.82, 2.24) is 20.4 Å². The number of carbonyl (C=O) groups excluding carboxylic acids is 1. The van der Waals surface area contributed by atoms with Crippen molar-refractivity contribution in [2.75, 3.05) is 0 Å². The number of pyridine rings is 2. The van der Waals surface area contributed by atoms with Gasteiger partial charge in [0.2, 0.25) is 0 Å². The lowest BCUT2D eigenvalue weighted by molar-refractivity contribution is 0.0941. The Morgan fingerprint density at radius 1 is 1.33 bits per heavy atom. The number of aryl methyl sites for hydroxylation is 1. The highest BCUT2D eigenvalue weighted by Crippen LogP contribution is 2.40. The van der Waals surface area contributed by atoms with Gasteiger partial charge in [-0.15, -0.1) is 0 Å². The molecule has 1 aliphatic carbocycles. The van der Waals surface area contributed by atoms with E-state index in [1.165, 1.54) is 0 Å². The number of fused-ring (bicyclic) bond motifs is 1. The fraction of sp³-hybridized carbons (Fsp3) is 0.333. The lowest BCUT2D eigenvalue weighted by Gasteiger charge is -2.15. The van der Waals surface area contributed by atoms with Crippen LogP contribution in [-0.2, 0) is 0 Å². The van der Waals surface area contributed by atoms with Gasteiger partial charge in [-0.05, 0) is 50.5 Å². The second kappa shape index (κ2) is 5.70. The van der Waals surface area contributed by atoms with E-state index in [0.717, 1.165) is 24.1 Å². The molecule has 3 aromatic heterocycles. The van der Waals surface area contributed by atoms with E-state index in [-0.39, 0.29) is 11.9 Å². The molecule has 6 nitrogen and oxygen atoms in total. The Morgan fingerprint density at radius 2 is 2.08 bits per heavy atom. The van der Waals surface area contributed by atoms with Gasteiger partial charge >= 0.3 is 0 Å². The first-order chi connectivity index (χ1) is 11.6. The molecule has 122 valence electrons. The maximum Gasteiger partial charge on any atom is 0.259 e. The zero-order chi connectivity index (χ0) is 16.7. The van der Waals surface area contributed by atoms with Crippen LogP contribution in [0.1, 0.15) is 59.0 Å².